The molecule has 4 amide bonds. The normalized spacial score (nSPS) is 17.1. The number of imide groups is 2. The number of barbiturate groups is 1. The van der Waals surface area contributed by atoms with Gasteiger partial charge >= 0.3 is 43.8 Å². The van der Waals surface area contributed by atoms with E-state index in [0.29, 0.717) is 6.42 Å². The summed E-state index contributed by atoms with van der Waals surface area (Å²) in [5.41, 5.74) is 0. The third kappa shape index (κ3) is 3.55. The maximum Gasteiger partial charge on any atom is 2.00 e. The summed E-state index contributed by atoms with van der Waals surface area (Å²) in [6.45, 7) is 1.98. The van der Waals surface area contributed by atoms with Crippen LogP contribution in [0.1, 0.15) is 29.0 Å². The Morgan fingerprint density at radius 3 is 2.14 bits per heavy atom. The topological polar surface area (TPSA) is 75.3 Å². The molecule has 0 bridgehead atoms. The van der Waals surface area contributed by atoms with Crippen LogP contribution in [0.5, 0.6) is 0 Å². The molecule has 6 heteroatoms. The molecule has 2 N–H and O–H groups in total. The summed E-state index contributed by atoms with van der Waals surface area (Å²) in [5.74, 6) is -1.66. The average molecular weight is 226 g/mol. The van der Waals surface area contributed by atoms with Crippen molar-refractivity contribution in [3.8, 4) is 0 Å². The minimum Gasteiger partial charge on any atom is -1.00 e. The Bertz CT molecular complexity index is 244. The van der Waals surface area contributed by atoms with E-state index in [4.69, 9.17) is 0 Å². The van der Waals surface area contributed by atoms with Crippen molar-refractivity contribution in [1.29, 1.82) is 0 Å². The van der Waals surface area contributed by atoms with Crippen LogP contribution < -0.4 is 10.6 Å². The second-order valence-corrected chi connectivity index (χ2v) is 3.00. The van der Waals surface area contributed by atoms with Crippen LogP contribution in [0.3, 0.4) is 0 Å². The molecule has 1 heterocycles. The van der Waals surface area contributed by atoms with Gasteiger partial charge in [0.25, 0.3) is 0 Å². The Hall–Kier alpha value is -0.130. The van der Waals surface area contributed by atoms with Crippen molar-refractivity contribution in [2.75, 3.05) is 0 Å². The van der Waals surface area contributed by atoms with Crippen LogP contribution in [-0.2, 0) is 9.59 Å². The molecule has 0 saturated carbocycles. The molecule has 0 spiro atoms. The Morgan fingerprint density at radius 2 is 1.71 bits per heavy atom. The second-order valence-electron chi connectivity index (χ2n) is 3.00. The molecule has 0 aromatic carbocycles. The molecule has 1 rings (SSSR count). The first-order valence-corrected chi connectivity index (χ1v) is 4.31. The fourth-order valence-electron chi connectivity index (χ4n) is 1.22. The van der Waals surface area contributed by atoms with E-state index in [1.165, 1.54) is 0 Å². The number of unbranched alkanes of at least 4 members (excludes halogenated alkanes) is 1. The van der Waals surface area contributed by atoms with Crippen molar-refractivity contribution in [1.82, 2.24) is 10.6 Å². The van der Waals surface area contributed by atoms with Crippen molar-refractivity contribution in [3.63, 3.8) is 0 Å². The van der Waals surface area contributed by atoms with Gasteiger partial charge in [0.05, 0.1) is 0 Å². The van der Waals surface area contributed by atoms with Crippen molar-refractivity contribution in [3.05, 3.63) is 0 Å². The van der Waals surface area contributed by atoms with Crippen molar-refractivity contribution >= 4 is 55.6 Å². The van der Waals surface area contributed by atoms with Crippen molar-refractivity contribution < 1.29 is 17.2 Å². The van der Waals surface area contributed by atoms with Gasteiger partial charge in [-0.25, -0.2) is 4.79 Å². The number of urea groups is 1. The van der Waals surface area contributed by atoms with E-state index in [1.54, 1.807) is 0 Å². The number of carbonyl (C=O) groups excluding carboxylic acids is 3. The summed E-state index contributed by atoms with van der Waals surface area (Å²) >= 11 is 0. The molecule has 1 saturated heterocycles. The Balaban J connectivity index is -0.000000563. The minimum absolute atomic E-state index is 0. The van der Waals surface area contributed by atoms with Gasteiger partial charge in [0.15, 0.2) is 0 Å². The minimum atomic E-state index is -0.720. The number of carbonyl (C=O) groups is 3. The molecule has 0 unspecified atom stereocenters. The average Bonchev–Trinajstić information content (AvgIpc) is 2.02. The summed E-state index contributed by atoms with van der Waals surface area (Å²) < 4.78 is 0. The predicted octanol–water partition coefficient (Wildman–Crippen LogP) is 0.00300. The van der Waals surface area contributed by atoms with Crippen LogP contribution in [0.4, 0.5) is 4.79 Å². The van der Waals surface area contributed by atoms with Crippen molar-refractivity contribution in [2.45, 2.75) is 26.2 Å². The molecule has 76 valence electrons. The van der Waals surface area contributed by atoms with E-state index in [0.717, 1.165) is 12.8 Å². The van der Waals surface area contributed by atoms with Gasteiger partial charge in [-0.2, -0.15) is 0 Å². The van der Waals surface area contributed by atoms with E-state index in [9.17, 15) is 14.4 Å². The molecule has 1 fully saturated rings. The van der Waals surface area contributed by atoms with Gasteiger partial charge in [0.2, 0.25) is 11.8 Å². The molecule has 1 aliphatic rings. The molecule has 0 radical (unpaired) electrons. The number of rotatable bonds is 3. The van der Waals surface area contributed by atoms with E-state index in [-0.39, 0.29) is 40.6 Å². The number of hydrogen-bond donors (Lipinski definition) is 2. The predicted molar refractivity (Wildman–Crippen MR) is 52.7 cm³/mol. The van der Waals surface area contributed by atoms with Gasteiger partial charge in [-0.3, -0.25) is 20.2 Å². The molecule has 0 aliphatic carbocycles. The Kier molecular flexibility index (Phi) is 6.31. The second kappa shape index (κ2) is 6.37. The number of hydrogen-bond acceptors (Lipinski definition) is 3. The fraction of sp³-hybridized carbons (Fsp3) is 0.625. The molecular weight excluding hydrogens is 212 g/mol. The SMILES string of the molecule is CCCCC1C(=O)NC(=O)NC1=O.[Ca+2].[H-].[H-]. The third-order valence-corrected chi connectivity index (χ3v) is 1.95. The van der Waals surface area contributed by atoms with Gasteiger partial charge < -0.3 is 2.85 Å². The van der Waals surface area contributed by atoms with Crippen LogP contribution in [0.2, 0.25) is 0 Å². The van der Waals surface area contributed by atoms with Gasteiger partial charge in [-0.15, -0.1) is 0 Å². The van der Waals surface area contributed by atoms with Crippen LogP contribution >= 0.6 is 0 Å². The fourth-order valence-corrected chi connectivity index (χ4v) is 1.22. The van der Waals surface area contributed by atoms with Gasteiger partial charge in [0.1, 0.15) is 5.92 Å². The van der Waals surface area contributed by atoms with E-state index in [1.807, 2.05) is 6.92 Å². The summed E-state index contributed by atoms with van der Waals surface area (Å²) in [6.07, 6.45) is 2.23. The quantitative estimate of drug-likeness (QED) is 0.525. The summed E-state index contributed by atoms with van der Waals surface area (Å²) in [7, 11) is 0. The summed E-state index contributed by atoms with van der Waals surface area (Å²) in [5, 5.41) is 4.12. The standard InChI is InChI=1S/C8H12N2O3.Ca.2H/c1-2-3-4-5-6(11)9-8(13)10-7(5)12;;;/h5H,2-4H2,1H3,(H2,9,10,11,12,13);;;/q;+2;2*-1. The van der Waals surface area contributed by atoms with Crippen LogP contribution in [0.25, 0.3) is 0 Å². The first-order chi connectivity index (χ1) is 6.15. The molecule has 1 aliphatic heterocycles. The van der Waals surface area contributed by atoms with Gasteiger partial charge in [-0.05, 0) is 6.42 Å². The first-order valence-electron chi connectivity index (χ1n) is 4.31. The molecule has 0 aromatic heterocycles. The van der Waals surface area contributed by atoms with Crippen LogP contribution in [0, 0.1) is 5.92 Å². The molecular formula is C8H14CaN2O3. The van der Waals surface area contributed by atoms with Crippen LogP contribution in [-0.4, -0.2) is 55.6 Å². The Morgan fingerprint density at radius 1 is 1.21 bits per heavy atom. The Labute approximate surface area is 115 Å². The van der Waals surface area contributed by atoms with Crippen molar-refractivity contribution in [2.24, 2.45) is 5.92 Å². The molecule has 0 atom stereocenters. The third-order valence-electron chi connectivity index (χ3n) is 1.95. The van der Waals surface area contributed by atoms with E-state index < -0.39 is 23.8 Å². The summed E-state index contributed by atoms with van der Waals surface area (Å²) in [4.78, 5) is 32.9. The zero-order valence-electron chi connectivity index (χ0n) is 10.1. The van der Waals surface area contributed by atoms with E-state index in [2.05, 4.69) is 10.6 Å². The largest absolute Gasteiger partial charge is 2.00 e. The molecule has 5 nitrogen and oxygen atoms in total. The number of amides is 4. The number of nitrogens with one attached hydrogen (secondary N) is 2. The zero-order valence-corrected chi connectivity index (χ0v) is 10.3. The monoisotopic (exact) mass is 226 g/mol. The zero-order chi connectivity index (χ0) is 9.84. The maximum atomic E-state index is 11.1. The maximum absolute atomic E-state index is 11.1. The van der Waals surface area contributed by atoms with Gasteiger partial charge in [-0.1, -0.05) is 19.8 Å². The summed E-state index contributed by atoms with van der Waals surface area (Å²) in [6, 6.07) is -0.720. The first kappa shape index (κ1) is 13.9. The van der Waals surface area contributed by atoms with Gasteiger partial charge in [0, 0.05) is 0 Å². The molecule has 14 heavy (non-hydrogen) atoms. The van der Waals surface area contributed by atoms with E-state index >= 15 is 0 Å². The molecule has 0 aromatic rings. The van der Waals surface area contributed by atoms with Crippen LogP contribution in [0.15, 0.2) is 0 Å². The smallest absolute Gasteiger partial charge is 1.00 e.